The third-order valence-corrected chi connectivity index (χ3v) is 3.43. The number of nitrogens with zero attached hydrogens (tertiary/aromatic N) is 3. The number of halogens is 3. The van der Waals surface area contributed by atoms with Gasteiger partial charge in [0.2, 0.25) is 5.91 Å². The van der Waals surface area contributed by atoms with Gasteiger partial charge in [-0.15, -0.1) is 0 Å². The predicted octanol–water partition coefficient (Wildman–Crippen LogP) is 1.85. The summed E-state index contributed by atoms with van der Waals surface area (Å²) >= 11 is 0. The molecule has 2 heterocycles. The van der Waals surface area contributed by atoms with Gasteiger partial charge < -0.3 is 10.2 Å². The first-order valence-corrected chi connectivity index (χ1v) is 6.85. The van der Waals surface area contributed by atoms with E-state index in [1.54, 1.807) is 18.2 Å². The van der Waals surface area contributed by atoms with Crippen LogP contribution in [0.3, 0.4) is 0 Å². The van der Waals surface area contributed by atoms with Crippen molar-refractivity contribution in [1.29, 1.82) is 5.26 Å². The average molecular weight is 312 g/mol. The van der Waals surface area contributed by atoms with Gasteiger partial charge in [-0.25, -0.2) is 4.98 Å². The molecule has 5 nitrogen and oxygen atoms in total. The van der Waals surface area contributed by atoms with Crippen LogP contribution in [0, 0.1) is 17.2 Å². The zero-order valence-electron chi connectivity index (χ0n) is 11.7. The van der Waals surface area contributed by atoms with Gasteiger partial charge in [0.05, 0.1) is 5.92 Å². The summed E-state index contributed by atoms with van der Waals surface area (Å²) in [5, 5.41) is 10.8. The molecule has 8 heteroatoms. The third kappa shape index (κ3) is 4.35. The summed E-state index contributed by atoms with van der Waals surface area (Å²) in [5.74, 6) is -0.547. The molecule has 2 rings (SSSR count). The standard InChI is InChI=1S/C14H15F3N4O/c15-14(16,17)9-19-13(22)10-3-2-6-21(8-10)12-5-1-4-11(7-18)20-12/h1,4-5,10H,2-3,6,8-9H2,(H,19,22). The van der Waals surface area contributed by atoms with Crippen LogP contribution in [0.5, 0.6) is 0 Å². The Kier molecular flexibility index (Phi) is 4.85. The number of anilines is 1. The van der Waals surface area contributed by atoms with Crippen molar-refractivity contribution in [3.8, 4) is 6.07 Å². The highest BCUT2D eigenvalue weighted by Crippen LogP contribution is 2.22. The minimum atomic E-state index is -4.41. The summed E-state index contributed by atoms with van der Waals surface area (Å²) in [6.45, 7) is -0.360. The number of hydrogen-bond donors (Lipinski definition) is 1. The van der Waals surface area contributed by atoms with Gasteiger partial charge in [0.1, 0.15) is 24.1 Å². The highest BCUT2D eigenvalue weighted by Gasteiger charge is 2.31. The second kappa shape index (κ2) is 6.64. The molecule has 0 bridgehead atoms. The number of hydrogen-bond acceptors (Lipinski definition) is 4. The molecule has 0 radical (unpaired) electrons. The average Bonchev–Trinajstić information content (AvgIpc) is 2.52. The highest BCUT2D eigenvalue weighted by atomic mass is 19.4. The molecule has 1 fully saturated rings. The van der Waals surface area contributed by atoms with Gasteiger partial charge in [-0.1, -0.05) is 6.07 Å². The van der Waals surface area contributed by atoms with E-state index in [-0.39, 0.29) is 5.69 Å². The molecular weight excluding hydrogens is 297 g/mol. The Balaban J connectivity index is 1.99. The van der Waals surface area contributed by atoms with Crippen molar-refractivity contribution in [3.05, 3.63) is 23.9 Å². The Morgan fingerprint density at radius 3 is 2.95 bits per heavy atom. The first-order valence-electron chi connectivity index (χ1n) is 6.85. The van der Waals surface area contributed by atoms with Crippen LogP contribution in [0.15, 0.2) is 18.2 Å². The highest BCUT2D eigenvalue weighted by molar-refractivity contribution is 5.79. The molecule has 1 aliphatic heterocycles. The summed E-state index contributed by atoms with van der Waals surface area (Å²) in [4.78, 5) is 17.8. The zero-order chi connectivity index (χ0) is 16.2. The Labute approximate surface area is 125 Å². The second-order valence-corrected chi connectivity index (χ2v) is 5.11. The summed E-state index contributed by atoms with van der Waals surface area (Å²) in [5.41, 5.74) is 0.265. The third-order valence-electron chi connectivity index (χ3n) is 3.43. The minimum Gasteiger partial charge on any atom is -0.356 e. The van der Waals surface area contributed by atoms with Crippen LogP contribution < -0.4 is 10.2 Å². The van der Waals surface area contributed by atoms with Gasteiger partial charge in [-0.2, -0.15) is 18.4 Å². The Hall–Kier alpha value is -2.30. The molecule has 0 aliphatic carbocycles. The molecule has 1 atom stereocenters. The van der Waals surface area contributed by atoms with E-state index in [0.717, 1.165) is 0 Å². The zero-order valence-corrected chi connectivity index (χ0v) is 11.7. The molecule has 1 unspecified atom stereocenters. The molecule has 118 valence electrons. The summed E-state index contributed by atoms with van der Waals surface area (Å²) in [6, 6.07) is 6.91. The topological polar surface area (TPSA) is 69.0 Å². The van der Waals surface area contributed by atoms with Crippen LogP contribution in [-0.4, -0.2) is 36.7 Å². The Morgan fingerprint density at radius 1 is 1.50 bits per heavy atom. The number of aromatic nitrogens is 1. The van der Waals surface area contributed by atoms with Crippen molar-refractivity contribution >= 4 is 11.7 Å². The van der Waals surface area contributed by atoms with Crippen molar-refractivity contribution in [3.63, 3.8) is 0 Å². The van der Waals surface area contributed by atoms with Gasteiger partial charge in [0, 0.05) is 13.1 Å². The molecule has 1 N–H and O–H groups in total. The number of carbonyl (C=O) groups is 1. The fourth-order valence-electron chi connectivity index (χ4n) is 2.39. The van der Waals surface area contributed by atoms with E-state index in [2.05, 4.69) is 4.98 Å². The molecule has 22 heavy (non-hydrogen) atoms. The first kappa shape index (κ1) is 16.1. The molecule has 0 aromatic carbocycles. The smallest absolute Gasteiger partial charge is 0.356 e. The van der Waals surface area contributed by atoms with Gasteiger partial charge in [-0.3, -0.25) is 4.79 Å². The molecule has 1 aliphatic rings. The maximum absolute atomic E-state index is 12.1. The van der Waals surface area contributed by atoms with E-state index >= 15 is 0 Å². The monoisotopic (exact) mass is 312 g/mol. The molecule has 1 amide bonds. The van der Waals surface area contributed by atoms with Crippen molar-refractivity contribution in [2.75, 3.05) is 24.5 Å². The molecule has 1 aromatic rings. The lowest BCUT2D eigenvalue weighted by molar-refractivity contribution is -0.140. The Bertz CT molecular complexity index is 582. The largest absolute Gasteiger partial charge is 0.405 e. The number of amides is 1. The van der Waals surface area contributed by atoms with Crippen LogP contribution in [0.1, 0.15) is 18.5 Å². The summed E-state index contributed by atoms with van der Waals surface area (Å²) < 4.78 is 36.4. The minimum absolute atomic E-state index is 0.265. The number of alkyl halides is 3. The fraction of sp³-hybridized carbons (Fsp3) is 0.500. The first-order chi connectivity index (χ1) is 10.4. The number of pyridine rings is 1. The van der Waals surface area contributed by atoms with E-state index < -0.39 is 24.5 Å². The van der Waals surface area contributed by atoms with E-state index in [4.69, 9.17) is 5.26 Å². The predicted molar refractivity (Wildman–Crippen MR) is 73.0 cm³/mol. The number of nitrogens with one attached hydrogen (secondary N) is 1. The van der Waals surface area contributed by atoms with Gasteiger partial charge in [-0.05, 0) is 25.0 Å². The van der Waals surface area contributed by atoms with Crippen LogP contribution in [0.2, 0.25) is 0 Å². The number of carbonyl (C=O) groups excluding carboxylic acids is 1. The molecule has 1 saturated heterocycles. The normalized spacial score (nSPS) is 18.6. The van der Waals surface area contributed by atoms with Crippen molar-refractivity contribution in [2.24, 2.45) is 5.92 Å². The number of nitriles is 1. The molecule has 0 saturated carbocycles. The van der Waals surface area contributed by atoms with Crippen LogP contribution in [-0.2, 0) is 4.79 Å². The van der Waals surface area contributed by atoms with Crippen LogP contribution >= 0.6 is 0 Å². The molecule has 0 spiro atoms. The van der Waals surface area contributed by atoms with Crippen molar-refractivity contribution in [1.82, 2.24) is 10.3 Å². The second-order valence-electron chi connectivity index (χ2n) is 5.11. The van der Waals surface area contributed by atoms with Crippen molar-refractivity contribution < 1.29 is 18.0 Å². The quantitative estimate of drug-likeness (QED) is 0.925. The Morgan fingerprint density at radius 2 is 2.27 bits per heavy atom. The lowest BCUT2D eigenvalue weighted by atomic mass is 9.97. The summed E-state index contributed by atoms with van der Waals surface area (Å²) in [6.07, 6.45) is -3.19. The fourth-order valence-corrected chi connectivity index (χ4v) is 2.39. The molecule has 1 aromatic heterocycles. The lowest BCUT2D eigenvalue weighted by Gasteiger charge is -2.33. The van der Waals surface area contributed by atoms with Crippen LogP contribution in [0.4, 0.5) is 19.0 Å². The number of rotatable bonds is 3. The molecular formula is C14H15F3N4O. The van der Waals surface area contributed by atoms with Gasteiger partial charge in [0.25, 0.3) is 0 Å². The maximum atomic E-state index is 12.1. The number of piperidine rings is 1. The van der Waals surface area contributed by atoms with Crippen molar-refractivity contribution in [2.45, 2.75) is 19.0 Å². The van der Waals surface area contributed by atoms with E-state index in [9.17, 15) is 18.0 Å². The summed E-state index contributed by atoms with van der Waals surface area (Å²) in [7, 11) is 0. The SMILES string of the molecule is N#Cc1cccc(N2CCCC(C(=O)NCC(F)(F)F)C2)n1. The van der Waals surface area contributed by atoms with Gasteiger partial charge in [0.15, 0.2) is 0 Å². The van der Waals surface area contributed by atoms with Gasteiger partial charge >= 0.3 is 6.18 Å². The van der Waals surface area contributed by atoms with E-state index in [0.29, 0.717) is 31.7 Å². The maximum Gasteiger partial charge on any atom is 0.405 e. The lowest BCUT2D eigenvalue weighted by Crippen LogP contribution is -2.45. The van der Waals surface area contributed by atoms with E-state index in [1.807, 2.05) is 16.3 Å². The van der Waals surface area contributed by atoms with Crippen LogP contribution in [0.25, 0.3) is 0 Å². The van der Waals surface area contributed by atoms with E-state index in [1.165, 1.54) is 0 Å².